The van der Waals surface area contributed by atoms with Crippen molar-refractivity contribution in [1.29, 1.82) is 0 Å². The summed E-state index contributed by atoms with van der Waals surface area (Å²) < 4.78 is 0. The molecule has 0 aliphatic carbocycles. The van der Waals surface area contributed by atoms with E-state index < -0.39 is 0 Å². The Hall–Kier alpha value is -1.20. The van der Waals surface area contributed by atoms with Crippen LogP contribution in [-0.2, 0) is 0 Å². The van der Waals surface area contributed by atoms with Crippen LogP contribution in [0, 0.1) is 5.92 Å². The fourth-order valence-electron chi connectivity index (χ4n) is 3.38. The molecule has 0 atom stereocenters. The quantitative estimate of drug-likeness (QED) is 0.631. The van der Waals surface area contributed by atoms with Gasteiger partial charge in [-0.2, -0.15) is 0 Å². The Morgan fingerprint density at radius 1 is 1.19 bits per heavy atom. The Kier molecular flexibility index (Phi) is 4.70. The molecule has 2 fully saturated rings. The highest BCUT2D eigenvalue weighted by Gasteiger charge is 2.25. The van der Waals surface area contributed by atoms with Crippen LogP contribution in [0.25, 0.3) is 0 Å². The minimum atomic E-state index is 0.245. The van der Waals surface area contributed by atoms with Gasteiger partial charge in [-0.25, -0.2) is 9.97 Å². The monoisotopic (exact) mass is 308 g/mol. The summed E-state index contributed by atoms with van der Waals surface area (Å²) in [6.45, 7) is 5.62. The van der Waals surface area contributed by atoms with Crippen molar-refractivity contribution in [3.8, 4) is 0 Å². The molecule has 0 saturated carbocycles. The molecule has 0 amide bonds. The second kappa shape index (κ2) is 6.71. The summed E-state index contributed by atoms with van der Waals surface area (Å²) in [5, 5.41) is 0.245. The lowest BCUT2D eigenvalue weighted by atomic mass is 9.96. The minimum absolute atomic E-state index is 0.245. The Bertz CT molecular complexity index is 496. The lowest BCUT2D eigenvalue weighted by Crippen LogP contribution is -2.39. The molecule has 0 spiro atoms. The molecule has 1 aromatic rings. The molecule has 114 valence electrons. The van der Waals surface area contributed by atoms with Gasteiger partial charge in [0.05, 0.1) is 5.56 Å². The van der Waals surface area contributed by atoms with Crippen molar-refractivity contribution in [2.24, 2.45) is 5.92 Å². The van der Waals surface area contributed by atoms with Crippen molar-refractivity contribution < 1.29 is 4.79 Å². The lowest BCUT2D eigenvalue weighted by molar-refractivity contribution is 0.112. The Labute approximate surface area is 130 Å². The van der Waals surface area contributed by atoms with Crippen molar-refractivity contribution in [3.63, 3.8) is 0 Å². The van der Waals surface area contributed by atoms with Crippen LogP contribution in [0.2, 0.25) is 5.15 Å². The Morgan fingerprint density at radius 3 is 2.57 bits per heavy atom. The average molecular weight is 309 g/mol. The fraction of sp³-hybridized carbons (Fsp3) is 0.667. The molecular weight excluding hydrogens is 288 g/mol. The standard InChI is InChI=1S/C15H21ClN4O/c16-14-13(10-21)15(18-11-17-14)20-7-3-12(4-8-20)9-19-5-1-2-6-19/h10-12H,1-9H2. The number of aldehydes is 1. The van der Waals surface area contributed by atoms with Crippen LogP contribution in [-0.4, -0.2) is 53.9 Å². The van der Waals surface area contributed by atoms with Gasteiger partial charge in [-0.05, 0) is 44.7 Å². The van der Waals surface area contributed by atoms with Gasteiger partial charge in [0.25, 0.3) is 0 Å². The van der Waals surface area contributed by atoms with Crippen LogP contribution in [0.3, 0.4) is 0 Å². The first-order chi connectivity index (χ1) is 10.3. The number of halogens is 1. The SMILES string of the molecule is O=Cc1c(Cl)ncnc1N1CCC(CN2CCCC2)CC1. The van der Waals surface area contributed by atoms with E-state index in [-0.39, 0.29) is 5.15 Å². The second-order valence-corrected chi connectivity index (χ2v) is 6.32. The van der Waals surface area contributed by atoms with Crippen molar-refractivity contribution in [3.05, 3.63) is 17.0 Å². The number of aromatic nitrogens is 2. The topological polar surface area (TPSA) is 49.3 Å². The largest absolute Gasteiger partial charge is 0.356 e. The maximum atomic E-state index is 11.2. The van der Waals surface area contributed by atoms with Crippen LogP contribution in [0.5, 0.6) is 0 Å². The molecule has 0 aromatic carbocycles. The van der Waals surface area contributed by atoms with Gasteiger partial charge < -0.3 is 9.80 Å². The molecule has 2 aliphatic rings. The summed E-state index contributed by atoms with van der Waals surface area (Å²) in [5.74, 6) is 1.45. The first kappa shape index (κ1) is 14.7. The summed E-state index contributed by atoms with van der Waals surface area (Å²) in [6, 6.07) is 0. The Morgan fingerprint density at radius 2 is 1.90 bits per heavy atom. The molecule has 0 N–H and O–H groups in total. The van der Waals surface area contributed by atoms with E-state index in [0.29, 0.717) is 11.4 Å². The van der Waals surface area contributed by atoms with E-state index >= 15 is 0 Å². The predicted molar refractivity (Wildman–Crippen MR) is 83.0 cm³/mol. The number of rotatable bonds is 4. The normalized spacial score (nSPS) is 20.9. The maximum absolute atomic E-state index is 11.2. The molecule has 2 saturated heterocycles. The van der Waals surface area contributed by atoms with Gasteiger partial charge in [0.2, 0.25) is 0 Å². The van der Waals surface area contributed by atoms with Gasteiger partial charge in [0.15, 0.2) is 6.29 Å². The van der Waals surface area contributed by atoms with Crippen molar-refractivity contribution in [2.75, 3.05) is 37.6 Å². The number of carbonyl (C=O) groups excluding carboxylic acids is 1. The van der Waals surface area contributed by atoms with E-state index in [0.717, 1.165) is 38.1 Å². The number of nitrogens with zero attached hydrogens (tertiary/aromatic N) is 4. The van der Waals surface area contributed by atoms with Crippen LogP contribution in [0.4, 0.5) is 5.82 Å². The van der Waals surface area contributed by atoms with Gasteiger partial charge >= 0.3 is 0 Å². The maximum Gasteiger partial charge on any atom is 0.156 e. The van der Waals surface area contributed by atoms with E-state index in [2.05, 4.69) is 19.8 Å². The van der Waals surface area contributed by atoms with E-state index in [1.165, 1.54) is 38.8 Å². The number of hydrogen-bond donors (Lipinski definition) is 0. The van der Waals surface area contributed by atoms with Gasteiger partial charge in [-0.1, -0.05) is 11.6 Å². The molecule has 0 radical (unpaired) electrons. The third-order valence-corrected chi connectivity index (χ3v) is 4.86. The van der Waals surface area contributed by atoms with Crippen LogP contribution >= 0.6 is 11.6 Å². The van der Waals surface area contributed by atoms with E-state index in [9.17, 15) is 4.79 Å². The van der Waals surface area contributed by atoms with Gasteiger partial charge in [0.1, 0.15) is 17.3 Å². The third-order valence-electron chi connectivity index (χ3n) is 4.56. The summed E-state index contributed by atoms with van der Waals surface area (Å²) in [6.07, 6.45) is 7.18. The average Bonchev–Trinajstić information content (AvgIpc) is 3.01. The zero-order valence-electron chi connectivity index (χ0n) is 12.2. The summed E-state index contributed by atoms with van der Waals surface area (Å²) in [7, 11) is 0. The molecule has 0 unspecified atom stereocenters. The Balaban J connectivity index is 1.60. The molecule has 2 aliphatic heterocycles. The van der Waals surface area contributed by atoms with Gasteiger partial charge in [-0.15, -0.1) is 0 Å². The first-order valence-corrected chi connectivity index (χ1v) is 8.08. The van der Waals surface area contributed by atoms with Crippen LogP contribution in [0.15, 0.2) is 6.33 Å². The lowest BCUT2D eigenvalue weighted by Gasteiger charge is -2.34. The minimum Gasteiger partial charge on any atom is -0.356 e. The molecule has 0 bridgehead atoms. The van der Waals surface area contributed by atoms with Crippen LogP contribution < -0.4 is 4.90 Å². The number of piperidine rings is 1. The van der Waals surface area contributed by atoms with Gasteiger partial charge in [0, 0.05) is 19.6 Å². The molecule has 3 heterocycles. The highest BCUT2D eigenvalue weighted by atomic mass is 35.5. The highest BCUT2D eigenvalue weighted by molar-refractivity contribution is 6.32. The van der Waals surface area contributed by atoms with Crippen molar-refractivity contribution in [2.45, 2.75) is 25.7 Å². The third kappa shape index (κ3) is 3.35. The molecule has 21 heavy (non-hydrogen) atoms. The summed E-state index contributed by atoms with van der Waals surface area (Å²) >= 11 is 5.98. The zero-order chi connectivity index (χ0) is 14.7. The molecule has 1 aromatic heterocycles. The smallest absolute Gasteiger partial charge is 0.156 e. The number of likely N-dealkylation sites (tertiary alicyclic amines) is 1. The zero-order valence-corrected chi connectivity index (χ0v) is 12.9. The van der Waals surface area contributed by atoms with E-state index in [4.69, 9.17) is 11.6 Å². The summed E-state index contributed by atoms with van der Waals surface area (Å²) in [4.78, 5) is 24.1. The van der Waals surface area contributed by atoms with E-state index in [1.54, 1.807) is 0 Å². The number of hydrogen-bond acceptors (Lipinski definition) is 5. The first-order valence-electron chi connectivity index (χ1n) is 7.71. The highest BCUT2D eigenvalue weighted by Crippen LogP contribution is 2.27. The van der Waals surface area contributed by atoms with E-state index in [1.807, 2.05) is 0 Å². The second-order valence-electron chi connectivity index (χ2n) is 5.96. The molecular formula is C15H21ClN4O. The summed E-state index contributed by atoms with van der Waals surface area (Å²) in [5.41, 5.74) is 0.414. The molecule has 6 heteroatoms. The fourth-order valence-corrected chi connectivity index (χ4v) is 3.55. The van der Waals surface area contributed by atoms with Gasteiger partial charge in [-0.3, -0.25) is 4.79 Å². The number of carbonyl (C=O) groups is 1. The number of anilines is 1. The molecule has 5 nitrogen and oxygen atoms in total. The molecule has 3 rings (SSSR count). The van der Waals surface area contributed by atoms with Crippen molar-refractivity contribution >= 4 is 23.7 Å². The van der Waals surface area contributed by atoms with Crippen LogP contribution in [0.1, 0.15) is 36.0 Å². The van der Waals surface area contributed by atoms with Crippen molar-refractivity contribution in [1.82, 2.24) is 14.9 Å². The predicted octanol–water partition coefficient (Wildman–Crippen LogP) is 2.25.